The van der Waals surface area contributed by atoms with Crippen LogP contribution in [0.15, 0.2) is 12.1 Å². The number of nitrogen functional groups attached to an aromatic ring is 1. The number of carbonyl (C=O) groups is 1. The van der Waals surface area contributed by atoms with Gasteiger partial charge in [0.2, 0.25) is 0 Å². The Balaban J connectivity index is 3.00. The van der Waals surface area contributed by atoms with E-state index in [9.17, 15) is 4.79 Å². The molecular formula is C12H17ClN2O3. The summed E-state index contributed by atoms with van der Waals surface area (Å²) >= 11 is 6.07. The highest BCUT2D eigenvalue weighted by molar-refractivity contribution is 6.34. The highest BCUT2D eigenvalue weighted by Gasteiger charge is 2.16. The Bertz CT molecular complexity index is 424. The van der Waals surface area contributed by atoms with Gasteiger partial charge >= 0.3 is 5.97 Å². The highest BCUT2D eigenvalue weighted by Crippen LogP contribution is 2.29. The molecule has 0 unspecified atom stereocenters. The molecule has 18 heavy (non-hydrogen) atoms. The first-order chi connectivity index (χ1) is 8.60. The molecule has 0 aliphatic heterocycles. The maximum atomic E-state index is 11.8. The summed E-state index contributed by atoms with van der Waals surface area (Å²) in [5.41, 5.74) is 6.94. The van der Waals surface area contributed by atoms with E-state index in [1.54, 1.807) is 26.2 Å². The molecule has 5 nitrogen and oxygen atoms in total. The van der Waals surface area contributed by atoms with Crippen molar-refractivity contribution in [2.24, 2.45) is 0 Å². The van der Waals surface area contributed by atoms with E-state index in [0.29, 0.717) is 41.7 Å². The van der Waals surface area contributed by atoms with E-state index in [4.69, 9.17) is 26.8 Å². The number of benzene rings is 1. The van der Waals surface area contributed by atoms with Crippen molar-refractivity contribution in [2.45, 2.75) is 6.92 Å². The lowest BCUT2D eigenvalue weighted by Gasteiger charge is -2.13. The number of nitrogens with two attached hydrogens (primary N) is 1. The van der Waals surface area contributed by atoms with E-state index in [2.05, 4.69) is 5.32 Å². The van der Waals surface area contributed by atoms with Gasteiger partial charge in [0.05, 0.1) is 29.5 Å². The van der Waals surface area contributed by atoms with Gasteiger partial charge in [-0.2, -0.15) is 0 Å². The van der Waals surface area contributed by atoms with E-state index in [0.717, 1.165) is 0 Å². The molecule has 0 atom stereocenters. The van der Waals surface area contributed by atoms with Gasteiger partial charge in [-0.1, -0.05) is 11.6 Å². The van der Waals surface area contributed by atoms with Gasteiger partial charge < -0.3 is 20.5 Å². The maximum Gasteiger partial charge on any atom is 0.340 e. The first-order valence-corrected chi connectivity index (χ1v) is 5.96. The predicted molar refractivity (Wildman–Crippen MR) is 72.2 cm³/mol. The SMILES string of the molecule is CCOC(=O)c1cc(N)cc(Cl)c1NCCOC. The van der Waals surface area contributed by atoms with E-state index in [-0.39, 0.29) is 0 Å². The minimum Gasteiger partial charge on any atom is -0.462 e. The third-order valence-corrected chi connectivity index (χ3v) is 2.51. The topological polar surface area (TPSA) is 73.6 Å². The zero-order valence-corrected chi connectivity index (χ0v) is 11.2. The van der Waals surface area contributed by atoms with Gasteiger partial charge in [0, 0.05) is 19.3 Å². The molecule has 0 amide bonds. The maximum absolute atomic E-state index is 11.8. The molecule has 3 N–H and O–H groups in total. The fourth-order valence-electron chi connectivity index (χ4n) is 1.46. The summed E-state index contributed by atoms with van der Waals surface area (Å²) < 4.78 is 9.89. The number of rotatable bonds is 6. The largest absolute Gasteiger partial charge is 0.462 e. The van der Waals surface area contributed by atoms with Crippen molar-refractivity contribution >= 4 is 28.9 Å². The van der Waals surface area contributed by atoms with Gasteiger partial charge in [-0.15, -0.1) is 0 Å². The number of hydrogen-bond donors (Lipinski definition) is 2. The molecule has 0 spiro atoms. The lowest BCUT2D eigenvalue weighted by molar-refractivity contribution is 0.0527. The molecule has 1 aromatic carbocycles. The average Bonchev–Trinajstić information content (AvgIpc) is 2.31. The standard InChI is InChI=1S/C12H17ClN2O3/c1-3-18-12(16)9-6-8(14)7-10(13)11(9)15-4-5-17-2/h6-7,15H,3-5,14H2,1-2H3. The van der Waals surface area contributed by atoms with Crippen molar-refractivity contribution in [3.05, 3.63) is 22.7 Å². The number of hydrogen-bond acceptors (Lipinski definition) is 5. The lowest BCUT2D eigenvalue weighted by Crippen LogP contribution is -2.14. The van der Waals surface area contributed by atoms with E-state index in [1.807, 2.05) is 0 Å². The van der Waals surface area contributed by atoms with Gasteiger partial charge in [0.1, 0.15) is 0 Å². The minimum absolute atomic E-state index is 0.294. The molecule has 0 aliphatic carbocycles. The Hall–Kier alpha value is -1.46. The predicted octanol–water partition coefficient (Wildman–Crippen LogP) is 2.16. The Labute approximate surface area is 111 Å². The number of halogens is 1. The summed E-state index contributed by atoms with van der Waals surface area (Å²) in [6, 6.07) is 3.12. The number of carbonyl (C=O) groups excluding carboxylic acids is 1. The summed E-state index contributed by atoms with van der Waals surface area (Å²) in [6.07, 6.45) is 0. The second-order valence-electron chi connectivity index (χ2n) is 3.57. The van der Waals surface area contributed by atoms with Crippen LogP contribution in [0.2, 0.25) is 5.02 Å². The molecule has 0 bridgehead atoms. The van der Waals surface area contributed by atoms with Crippen LogP contribution in [0.4, 0.5) is 11.4 Å². The summed E-state index contributed by atoms with van der Waals surface area (Å²) in [5.74, 6) is -0.452. The van der Waals surface area contributed by atoms with Crippen molar-refractivity contribution in [3.63, 3.8) is 0 Å². The normalized spacial score (nSPS) is 10.2. The zero-order chi connectivity index (χ0) is 13.5. The molecule has 0 radical (unpaired) electrons. The van der Waals surface area contributed by atoms with Crippen LogP contribution in [0.3, 0.4) is 0 Å². The molecule has 1 rings (SSSR count). The van der Waals surface area contributed by atoms with Crippen LogP contribution in [-0.2, 0) is 9.47 Å². The van der Waals surface area contributed by atoms with E-state index in [1.165, 1.54) is 0 Å². The fraction of sp³-hybridized carbons (Fsp3) is 0.417. The lowest BCUT2D eigenvalue weighted by atomic mass is 10.1. The van der Waals surface area contributed by atoms with Crippen LogP contribution in [0, 0.1) is 0 Å². The molecule has 6 heteroatoms. The molecule has 0 fully saturated rings. The first-order valence-electron chi connectivity index (χ1n) is 5.59. The summed E-state index contributed by atoms with van der Waals surface area (Å²) in [4.78, 5) is 11.8. The quantitative estimate of drug-likeness (QED) is 0.472. The number of ether oxygens (including phenoxy) is 2. The zero-order valence-electron chi connectivity index (χ0n) is 10.5. The van der Waals surface area contributed by atoms with Gasteiger partial charge in [-0.25, -0.2) is 4.79 Å². The fourth-order valence-corrected chi connectivity index (χ4v) is 1.75. The van der Waals surface area contributed by atoms with Crippen LogP contribution >= 0.6 is 11.6 Å². The highest BCUT2D eigenvalue weighted by atomic mass is 35.5. The van der Waals surface area contributed by atoms with Crippen molar-refractivity contribution in [2.75, 3.05) is 37.9 Å². The van der Waals surface area contributed by atoms with Gasteiger partial charge in [0.25, 0.3) is 0 Å². The number of nitrogens with one attached hydrogen (secondary N) is 1. The van der Waals surface area contributed by atoms with Crippen LogP contribution in [-0.4, -0.2) is 32.8 Å². The Morgan fingerprint density at radius 1 is 1.50 bits per heavy atom. The third kappa shape index (κ3) is 3.78. The first kappa shape index (κ1) is 14.6. The van der Waals surface area contributed by atoms with Crippen LogP contribution < -0.4 is 11.1 Å². The second-order valence-corrected chi connectivity index (χ2v) is 3.97. The molecule has 0 saturated heterocycles. The monoisotopic (exact) mass is 272 g/mol. The number of esters is 1. The average molecular weight is 273 g/mol. The van der Waals surface area contributed by atoms with Crippen molar-refractivity contribution in [1.82, 2.24) is 0 Å². The third-order valence-electron chi connectivity index (χ3n) is 2.22. The molecule has 0 saturated carbocycles. The number of methoxy groups -OCH3 is 1. The van der Waals surface area contributed by atoms with Crippen LogP contribution in [0.1, 0.15) is 17.3 Å². The molecule has 1 aromatic rings. The van der Waals surface area contributed by atoms with Crippen molar-refractivity contribution < 1.29 is 14.3 Å². The van der Waals surface area contributed by atoms with Crippen LogP contribution in [0.5, 0.6) is 0 Å². The van der Waals surface area contributed by atoms with E-state index < -0.39 is 5.97 Å². The van der Waals surface area contributed by atoms with Gasteiger partial charge in [-0.05, 0) is 19.1 Å². The van der Waals surface area contributed by atoms with Crippen LogP contribution in [0.25, 0.3) is 0 Å². The van der Waals surface area contributed by atoms with Gasteiger partial charge in [0.15, 0.2) is 0 Å². The molecule has 0 aliphatic rings. The second kappa shape index (κ2) is 7.08. The smallest absolute Gasteiger partial charge is 0.340 e. The summed E-state index contributed by atoms with van der Waals surface area (Å²) in [7, 11) is 1.60. The number of anilines is 2. The van der Waals surface area contributed by atoms with E-state index >= 15 is 0 Å². The van der Waals surface area contributed by atoms with Gasteiger partial charge in [-0.3, -0.25) is 0 Å². The molecule has 100 valence electrons. The molecule has 0 aromatic heterocycles. The minimum atomic E-state index is -0.452. The summed E-state index contributed by atoms with van der Waals surface area (Å²) in [6.45, 7) is 3.07. The summed E-state index contributed by atoms with van der Waals surface area (Å²) in [5, 5.41) is 3.42. The Morgan fingerprint density at radius 2 is 2.22 bits per heavy atom. The van der Waals surface area contributed by atoms with Crippen molar-refractivity contribution in [3.8, 4) is 0 Å². The Morgan fingerprint density at radius 3 is 2.83 bits per heavy atom. The van der Waals surface area contributed by atoms with Crippen molar-refractivity contribution in [1.29, 1.82) is 0 Å². The molecular weight excluding hydrogens is 256 g/mol. The Kier molecular flexibility index (Phi) is 5.74. The molecule has 0 heterocycles.